The van der Waals surface area contributed by atoms with E-state index < -0.39 is 0 Å². The van der Waals surface area contributed by atoms with E-state index in [0.29, 0.717) is 18.5 Å². The van der Waals surface area contributed by atoms with Crippen molar-refractivity contribution >= 4 is 0 Å². The molecule has 19 heavy (non-hydrogen) atoms. The van der Waals surface area contributed by atoms with Gasteiger partial charge in [0, 0.05) is 19.1 Å². The number of hydrogen-bond donors (Lipinski definition) is 1. The first-order chi connectivity index (χ1) is 8.90. The first kappa shape index (κ1) is 16.0. The maximum atomic E-state index is 5.87. The van der Waals surface area contributed by atoms with Crippen LogP contribution >= 0.6 is 0 Å². The van der Waals surface area contributed by atoms with Crippen molar-refractivity contribution in [2.75, 3.05) is 20.7 Å². The monoisotopic (exact) mass is 264 g/mol. The zero-order chi connectivity index (χ0) is 14.6. The molecule has 0 radical (unpaired) electrons. The van der Waals surface area contributed by atoms with Crippen molar-refractivity contribution in [3.63, 3.8) is 0 Å². The normalized spacial score (nSPS) is 13.1. The molecule has 0 aliphatic heterocycles. The third-order valence-corrected chi connectivity index (χ3v) is 3.73. The number of likely N-dealkylation sites (N-methyl/N-ethyl adjacent to an activating group) is 1. The van der Waals surface area contributed by atoms with Crippen molar-refractivity contribution in [2.24, 2.45) is 11.7 Å². The molecule has 3 nitrogen and oxygen atoms in total. The average Bonchev–Trinajstić information content (AvgIpc) is 2.28. The van der Waals surface area contributed by atoms with E-state index in [-0.39, 0.29) is 0 Å². The van der Waals surface area contributed by atoms with Gasteiger partial charge in [0.25, 0.3) is 0 Å². The Kier molecular flexibility index (Phi) is 5.83. The summed E-state index contributed by atoms with van der Waals surface area (Å²) in [6.45, 7) is 10.3. The fourth-order valence-electron chi connectivity index (χ4n) is 2.82. The van der Waals surface area contributed by atoms with Crippen LogP contribution < -0.4 is 10.5 Å². The van der Waals surface area contributed by atoms with E-state index in [4.69, 9.17) is 10.5 Å². The lowest BCUT2D eigenvalue weighted by atomic mass is 10.0. The second kappa shape index (κ2) is 6.92. The molecule has 0 saturated carbocycles. The van der Waals surface area contributed by atoms with Crippen LogP contribution in [0.3, 0.4) is 0 Å². The van der Waals surface area contributed by atoms with Crippen LogP contribution in [0.25, 0.3) is 0 Å². The second-order valence-electron chi connectivity index (χ2n) is 5.73. The van der Waals surface area contributed by atoms with Crippen LogP contribution in [0.5, 0.6) is 5.75 Å². The largest absolute Gasteiger partial charge is 0.496 e. The van der Waals surface area contributed by atoms with Gasteiger partial charge in [-0.15, -0.1) is 0 Å². The average molecular weight is 264 g/mol. The van der Waals surface area contributed by atoms with Crippen molar-refractivity contribution in [1.82, 2.24) is 4.90 Å². The van der Waals surface area contributed by atoms with Gasteiger partial charge in [-0.1, -0.05) is 26.0 Å². The molecule has 3 heteroatoms. The van der Waals surface area contributed by atoms with Crippen LogP contribution in [0.2, 0.25) is 0 Å². The van der Waals surface area contributed by atoms with Crippen LogP contribution in [0.1, 0.15) is 30.5 Å². The Hall–Kier alpha value is -1.06. The molecule has 0 aromatic heterocycles. The number of aryl methyl sites for hydroxylation is 2. The van der Waals surface area contributed by atoms with Gasteiger partial charge in [-0.25, -0.2) is 0 Å². The molecule has 2 N–H and O–H groups in total. The van der Waals surface area contributed by atoms with Gasteiger partial charge in [0.2, 0.25) is 0 Å². The summed E-state index contributed by atoms with van der Waals surface area (Å²) in [6, 6.07) is 4.83. The van der Waals surface area contributed by atoms with Crippen molar-refractivity contribution in [3.05, 3.63) is 28.8 Å². The summed E-state index contributed by atoms with van der Waals surface area (Å²) in [5.41, 5.74) is 9.58. The van der Waals surface area contributed by atoms with Gasteiger partial charge in [-0.2, -0.15) is 0 Å². The van der Waals surface area contributed by atoms with Crippen molar-refractivity contribution in [2.45, 2.75) is 40.3 Å². The molecule has 1 atom stereocenters. The minimum Gasteiger partial charge on any atom is -0.496 e. The fraction of sp³-hybridized carbons (Fsp3) is 0.625. The van der Waals surface area contributed by atoms with Crippen LogP contribution in [-0.4, -0.2) is 31.6 Å². The molecule has 0 spiro atoms. The van der Waals surface area contributed by atoms with Crippen LogP contribution in [0, 0.1) is 19.8 Å². The molecule has 0 amide bonds. The Morgan fingerprint density at radius 3 is 2.11 bits per heavy atom. The highest BCUT2D eigenvalue weighted by atomic mass is 16.5. The first-order valence-electron chi connectivity index (χ1n) is 6.95. The van der Waals surface area contributed by atoms with E-state index in [2.05, 4.69) is 51.8 Å². The minimum absolute atomic E-state index is 0.419. The Balaban J connectivity index is 2.88. The van der Waals surface area contributed by atoms with Crippen LogP contribution in [0.15, 0.2) is 12.1 Å². The van der Waals surface area contributed by atoms with Gasteiger partial charge in [-0.3, -0.25) is 4.90 Å². The van der Waals surface area contributed by atoms with E-state index in [0.717, 1.165) is 12.3 Å². The van der Waals surface area contributed by atoms with E-state index in [1.807, 2.05) is 0 Å². The summed E-state index contributed by atoms with van der Waals surface area (Å²) >= 11 is 0. The molecule has 0 fully saturated rings. The van der Waals surface area contributed by atoms with E-state index in [1.165, 1.54) is 16.7 Å². The zero-order valence-electron chi connectivity index (χ0n) is 13.2. The van der Waals surface area contributed by atoms with Gasteiger partial charge in [0.15, 0.2) is 0 Å². The quantitative estimate of drug-likeness (QED) is 0.858. The summed E-state index contributed by atoms with van der Waals surface area (Å²) in [7, 11) is 3.87. The van der Waals surface area contributed by atoms with Gasteiger partial charge in [-0.05, 0) is 43.5 Å². The Morgan fingerprint density at radius 2 is 1.74 bits per heavy atom. The molecule has 0 aliphatic rings. The Bertz CT molecular complexity index is 392. The number of nitrogens with zero attached hydrogens (tertiary/aromatic N) is 1. The molecular formula is C16H28N2O. The SMILES string of the molecule is COc1c(C)cc(CN(C)C(CN)C(C)C)cc1C. The number of methoxy groups -OCH3 is 1. The second-order valence-corrected chi connectivity index (χ2v) is 5.73. The number of hydrogen-bond acceptors (Lipinski definition) is 3. The lowest BCUT2D eigenvalue weighted by molar-refractivity contribution is 0.190. The third kappa shape index (κ3) is 3.95. The van der Waals surface area contributed by atoms with Crippen LogP contribution in [0.4, 0.5) is 0 Å². The predicted octanol–water partition coefficient (Wildman–Crippen LogP) is 2.73. The molecule has 1 aromatic rings. The molecule has 0 bridgehead atoms. The maximum absolute atomic E-state index is 5.87. The highest BCUT2D eigenvalue weighted by Gasteiger charge is 2.17. The summed E-state index contributed by atoms with van der Waals surface area (Å²) < 4.78 is 5.41. The summed E-state index contributed by atoms with van der Waals surface area (Å²) in [4.78, 5) is 2.34. The molecule has 1 unspecified atom stereocenters. The van der Waals surface area contributed by atoms with Gasteiger partial charge in [0.1, 0.15) is 5.75 Å². The molecule has 0 heterocycles. The highest BCUT2D eigenvalue weighted by Crippen LogP contribution is 2.25. The number of nitrogens with two attached hydrogens (primary N) is 1. The molecule has 0 saturated heterocycles. The topological polar surface area (TPSA) is 38.5 Å². The van der Waals surface area contributed by atoms with Gasteiger partial charge in [0.05, 0.1) is 7.11 Å². The highest BCUT2D eigenvalue weighted by molar-refractivity contribution is 5.43. The lowest BCUT2D eigenvalue weighted by Gasteiger charge is -2.30. The minimum atomic E-state index is 0.419. The summed E-state index contributed by atoms with van der Waals surface area (Å²) in [5.74, 6) is 1.56. The molecular weight excluding hydrogens is 236 g/mol. The van der Waals surface area contributed by atoms with Crippen LogP contribution in [-0.2, 0) is 6.54 Å². The zero-order valence-corrected chi connectivity index (χ0v) is 13.2. The van der Waals surface area contributed by atoms with E-state index >= 15 is 0 Å². The number of rotatable bonds is 6. The van der Waals surface area contributed by atoms with Gasteiger partial charge >= 0.3 is 0 Å². The Labute approximate surface area is 117 Å². The lowest BCUT2D eigenvalue weighted by Crippen LogP contribution is -2.41. The molecule has 1 rings (SSSR count). The Morgan fingerprint density at radius 1 is 1.21 bits per heavy atom. The number of benzene rings is 1. The van der Waals surface area contributed by atoms with Gasteiger partial charge < -0.3 is 10.5 Å². The smallest absolute Gasteiger partial charge is 0.124 e. The molecule has 108 valence electrons. The van der Waals surface area contributed by atoms with Crippen molar-refractivity contribution in [1.29, 1.82) is 0 Å². The first-order valence-corrected chi connectivity index (χ1v) is 6.95. The summed E-state index contributed by atoms with van der Waals surface area (Å²) in [6.07, 6.45) is 0. The predicted molar refractivity (Wildman–Crippen MR) is 81.6 cm³/mol. The third-order valence-electron chi connectivity index (χ3n) is 3.73. The summed E-state index contributed by atoms with van der Waals surface area (Å²) in [5, 5.41) is 0. The number of ether oxygens (including phenoxy) is 1. The fourth-order valence-corrected chi connectivity index (χ4v) is 2.82. The maximum Gasteiger partial charge on any atom is 0.124 e. The van der Waals surface area contributed by atoms with E-state index in [9.17, 15) is 0 Å². The van der Waals surface area contributed by atoms with Crippen molar-refractivity contribution < 1.29 is 4.74 Å². The standard InChI is InChI=1S/C16H28N2O/c1-11(2)15(9-17)18(5)10-14-7-12(3)16(19-6)13(4)8-14/h7-8,11,15H,9-10,17H2,1-6H3. The van der Waals surface area contributed by atoms with E-state index in [1.54, 1.807) is 7.11 Å². The van der Waals surface area contributed by atoms with Crippen molar-refractivity contribution in [3.8, 4) is 5.75 Å². The molecule has 1 aromatic carbocycles. The molecule has 0 aliphatic carbocycles.